The van der Waals surface area contributed by atoms with Crippen LogP contribution >= 0.6 is 0 Å². The highest BCUT2D eigenvalue weighted by Crippen LogP contribution is 2.70. The molecule has 0 radical (unpaired) electrons. The average Bonchev–Trinajstić information content (AvgIpc) is 2.82. The number of carbonyl (C=O) groups is 1. The van der Waals surface area contributed by atoms with Gasteiger partial charge in [-0.25, -0.2) is 0 Å². The Morgan fingerprint density at radius 1 is 1.23 bits per heavy atom. The molecule has 5 atom stereocenters. The van der Waals surface area contributed by atoms with Crippen molar-refractivity contribution in [1.82, 2.24) is 0 Å². The molecular formula is C19H27NO5S. The van der Waals surface area contributed by atoms with Crippen molar-refractivity contribution in [3.05, 3.63) is 30.3 Å². The molecule has 0 heterocycles. The Labute approximate surface area is 154 Å². The first-order valence-corrected chi connectivity index (χ1v) is 10.5. The van der Waals surface area contributed by atoms with Gasteiger partial charge in [-0.1, -0.05) is 24.6 Å². The maximum absolute atomic E-state index is 11.6. The van der Waals surface area contributed by atoms with Crippen LogP contribution in [0.1, 0.15) is 32.1 Å². The van der Waals surface area contributed by atoms with E-state index < -0.39 is 10.1 Å². The zero-order valence-electron chi connectivity index (χ0n) is 15.0. The number of fused-ring (bicyclic) bond motifs is 1. The number of rotatable bonds is 4. The second kappa shape index (κ2) is 7.29. The van der Waals surface area contributed by atoms with Crippen LogP contribution in [0.5, 0.6) is 0 Å². The molecule has 0 amide bonds. The molecule has 3 aliphatic rings. The highest BCUT2D eigenvalue weighted by Gasteiger charge is 2.65. The van der Waals surface area contributed by atoms with E-state index in [4.69, 9.17) is 15.0 Å². The second-order valence-corrected chi connectivity index (χ2v) is 9.19. The van der Waals surface area contributed by atoms with Gasteiger partial charge < -0.3 is 10.5 Å². The summed E-state index contributed by atoms with van der Waals surface area (Å²) in [6.45, 7) is 0.667. The van der Waals surface area contributed by atoms with Crippen LogP contribution < -0.4 is 5.73 Å². The lowest BCUT2D eigenvalue weighted by molar-refractivity contribution is -0.159. The Balaban J connectivity index is 0.000000170. The molecule has 4 rings (SSSR count). The lowest BCUT2D eigenvalue weighted by Crippen LogP contribution is -2.59. The van der Waals surface area contributed by atoms with E-state index in [2.05, 4.69) is 0 Å². The predicted octanol–water partition coefficient (Wildman–Crippen LogP) is 2.49. The Morgan fingerprint density at radius 2 is 1.92 bits per heavy atom. The van der Waals surface area contributed by atoms with Crippen molar-refractivity contribution in [3.63, 3.8) is 0 Å². The van der Waals surface area contributed by atoms with Crippen LogP contribution in [0.15, 0.2) is 35.2 Å². The quantitative estimate of drug-likeness (QED) is 0.613. The van der Waals surface area contributed by atoms with Crippen molar-refractivity contribution < 1.29 is 22.5 Å². The Bertz CT molecular complexity index is 742. The van der Waals surface area contributed by atoms with Crippen LogP contribution in [0.3, 0.4) is 0 Å². The summed E-state index contributed by atoms with van der Waals surface area (Å²) in [5.41, 5.74) is 6.10. The molecule has 0 aliphatic heterocycles. The third kappa shape index (κ3) is 3.40. The van der Waals surface area contributed by atoms with E-state index in [1.54, 1.807) is 18.2 Å². The Hall–Kier alpha value is -1.44. The number of nitrogens with two attached hydrogens (primary N) is 1. The fraction of sp³-hybridized carbons (Fsp3) is 0.632. The highest BCUT2D eigenvalue weighted by atomic mass is 32.2. The van der Waals surface area contributed by atoms with E-state index in [0.29, 0.717) is 24.8 Å². The molecule has 1 aromatic rings. The molecule has 0 saturated heterocycles. The number of carbonyl (C=O) groups excluding carboxylic acids is 1. The fourth-order valence-corrected chi connectivity index (χ4v) is 6.09. The van der Waals surface area contributed by atoms with Crippen LogP contribution in [0.25, 0.3) is 0 Å². The maximum atomic E-state index is 11.6. The molecule has 7 heteroatoms. The number of hydrogen-bond acceptors (Lipinski definition) is 5. The number of methoxy groups -OCH3 is 1. The van der Waals surface area contributed by atoms with E-state index >= 15 is 0 Å². The third-order valence-electron chi connectivity index (χ3n) is 6.71. The molecule has 3 saturated carbocycles. The van der Waals surface area contributed by atoms with Crippen LogP contribution in [0.4, 0.5) is 0 Å². The molecule has 0 unspecified atom stereocenters. The number of esters is 1. The first-order chi connectivity index (χ1) is 12.3. The normalized spacial score (nSPS) is 34.3. The van der Waals surface area contributed by atoms with E-state index in [1.807, 2.05) is 0 Å². The van der Waals surface area contributed by atoms with Crippen molar-refractivity contribution in [3.8, 4) is 0 Å². The van der Waals surface area contributed by atoms with Gasteiger partial charge in [0, 0.05) is 0 Å². The standard InChI is InChI=1S/C13H21NO2.C6H6O3S/c1-16-12(15)6-13(7-14)10-3-2-8-4-9(10)11(13)5-8;7-10(8,9)6-4-2-1-3-5-6/h8-11H,2-7,14H2,1H3;1-5H,(H,7,8,9)/t8-,9-,10+,11-,13-;/m0./s1. The summed E-state index contributed by atoms with van der Waals surface area (Å²) in [6, 6.07) is 7.42. The molecule has 3 fully saturated rings. The number of ether oxygens (including phenoxy) is 1. The highest BCUT2D eigenvalue weighted by molar-refractivity contribution is 7.85. The summed E-state index contributed by atoms with van der Waals surface area (Å²) in [6.07, 6.45) is 5.92. The summed E-state index contributed by atoms with van der Waals surface area (Å²) < 4.78 is 34.1. The summed E-state index contributed by atoms with van der Waals surface area (Å²) in [4.78, 5) is 11.5. The van der Waals surface area contributed by atoms with E-state index in [0.717, 1.165) is 11.8 Å². The minimum absolute atomic E-state index is 0.0701. The van der Waals surface area contributed by atoms with Gasteiger partial charge in [-0.15, -0.1) is 0 Å². The minimum Gasteiger partial charge on any atom is -0.469 e. The molecule has 1 aromatic carbocycles. The SMILES string of the molecule is COC(=O)C[C@]1(CN)[C@@H]2CC[C@H]3C[C@@H]2[C@@H]1C3.O=S(=O)(O)c1ccccc1. The Morgan fingerprint density at radius 3 is 2.46 bits per heavy atom. The van der Waals surface area contributed by atoms with Gasteiger partial charge in [-0.3, -0.25) is 9.35 Å². The van der Waals surface area contributed by atoms with Crippen molar-refractivity contribution in [1.29, 1.82) is 0 Å². The van der Waals surface area contributed by atoms with Gasteiger partial charge in [0.1, 0.15) is 0 Å². The summed E-state index contributed by atoms with van der Waals surface area (Å²) in [5.74, 6) is 3.16. The third-order valence-corrected chi connectivity index (χ3v) is 7.58. The second-order valence-electron chi connectivity index (χ2n) is 7.77. The smallest absolute Gasteiger partial charge is 0.306 e. The zero-order valence-corrected chi connectivity index (χ0v) is 15.8. The molecule has 6 nitrogen and oxygen atoms in total. The zero-order chi connectivity index (χ0) is 18.9. The lowest BCUT2D eigenvalue weighted by atomic mass is 9.45. The van der Waals surface area contributed by atoms with E-state index in [9.17, 15) is 13.2 Å². The maximum Gasteiger partial charge on any atom is 0.306 e. The molecule has 3 N–H and O–H groups in total. The van der Waals surface area contributed by atoms with Crippen molar-refractivity contribution in [2.45, 2.75) is 37.0 Å². The number of benzene rings is 1. The molecule has 144 valence electrons. The first kappa shape index (κ1) is 19.3. The van der Waals surface area contributed by atoms with Crippen molar-refractivity contribution >= 4 is 16.1 Å². The summed E-state index contributed by atoms with van der Waals surface area (Å²) in [7, 11) is -2.52. The Kier molecular flexibility index (Phi) is 5.42. The van der Waals surface area contributed by atoms with Gasteiger partial charge in [0.05, 0.1) is 18.4 Å². The van der Waals surface area contributed by atoms with Crippen molar-refractivity contribution in [2.24, 2.45) is 34.8 Å². The van der Waals surface area contributed by atoms with Gasteiger partial charge in [0.15, 0.2) is 0 Å². The van der Waals surface area contributed by atoms with Gasteiger partial charge in [-0.05, 0) is 67.0 Å². The molecule has 3 aliphatic carbocycles. The fourth-order valence-electron chi connectivity index (χ4n) is 5.59. The predicted molar refractivity (Wildman–Crippen MR) is 96.8 cm³/mol. The van der Waals surface area contributed by atoms with E-state index in [-0.39, 0.29) is 16.3 Å². The molecule has 26 heavy (non-hydrogen) atoms. The van der Waals surface area contributed by atoms with Gasteiger partial charge in [-0.2, -0.15) is 8.42 Å². The molecule has 0 spiro atoms. The van der Waals surface area contributed by atoms with Crippen LogP contribution in [0, 0.1) is 29.1 Å². The average molecular weight is 381 g/mol. The molecule has 2 bridgehead atoms. The van der Waals surface area contributed by atoms with Crippen LogP contribution in [-0.2, 0) is 19.6 Å². The topological polar surface area (TPSA) is 107 Å². The monoisotopic (exact) mass is 381 g/mol. The minimum atomic E-state index is -4.00. The molecule has 0 aromatic heterocycles. The molecular weight excluding hydrogens is 354 g/mol. The van der Waals surface area contributed by atoms with Crippen LogP contribution in [-0.4, -0.2) is 32.6 Å². The van der Waals surface area contributed by atoms with Gasteiger partial charge in [0.2, 0.25) is 0 Å². The van der Waals surface area contributed by atoms with E-state index in [1.165, 1.54) is 44.9 Å². The lowest BCUT2D eigenvalue weighted by Gasteiger charge is -2.59. The van der Waals surface area contributed by atoms with Gasteiger partial charge in [0.25, 0.3) is 10.1 Å². The van der Waals surface area contributed by atoms with Gasteiger partial charge >= 0.3 is 5.97 Å². The number of hydrogen-bond donors (Lipinski definition) is 2. The largest absolute Gasteiger partial charge is 0.469 e. The summed E-state index contributed by atoms with van der Waals surface area (Å²) in [5, 5.41) is 0. The van der Waals surface area contributed by atoms with Crippen LogP contribution in [0.2, 0.25) is 0 Å². The first-order valence-electron chi connectivity index (χ1n) is 9.11. The summed E-state index contributed by atoms with van der Waals surface area (Å²) >= 11 is 0. The van der Waals surface area contributed by atoms with Crippen molar-refractivity contribution in [2.75, 3.05) is 13.7 Å².